The molecule has 0 aromatic heterocycles. The molecule has 5 nitrogen and oxygen atoms in total. The third kappa shape index (κ3) is 10.3. The molecule has 0 rings (SSSR count). The lowest BCUT2D eigenvalue weighted by Gasteiger charge is -2.14. The van der Waals surface area contributed by atoms with E-state index in [9.17, 15) is 0 Å². The highest BCUT2D eigenvalue weighted by atomic mass is 16.5. The second kappa shape index (κ2) is 12.9. The Bertz CT molecular complexity index is 135. The van der Waals surface area contributed by atoms with Crippen molar-refractivity contribution in [3.05, 3.63) is 0 Å². The van der Waals surface area contributed by atoms with Gasteiger partial charge in [-0.3, -0.25) is 0 Å². The predicted molar refractivity (Wildman–Crippen MR) is 62.9 cm³/mol. The van der Waals surface area contributed by atoms with Crippen LogP contribution in [-0.2, 0) is 18.9 Å². The second-order valence-corrected chi connectivity index (χ2v) is 3.48. The molecule has 1 N–H and O–H groups in total. The first-order chi connectivity index (χ1) is 7.85. The van der Waals surface area contributed by atoms with Crippen molar-refractivity contribution in [1.82, 2.24) is 5.32 Å². The van der Waals surface area contributed by atoms with Crippen LogP contribution in [0.15, 0.2) is 0 Å². The summed E-state index contributed by atoms with van der Waals surface area (Å²) < 4.78 is 20.4. The summed E-state index contributed by atoms with van der Waals surface area (Å²) >= 11 is 0. The Labute approximate surface area is 98.4 Å². The first-order valence-corrected chi connectivity index (χ1v) is 5.64. The molecule has 0 fully saturated rings. The summed E-state index contributed by atoms with van der Waals surface area (Å²) in [6, 6.07) is 0. The quantitative estimate of drug-likeness (QED) is 0.493. The molecule has 0 aliphatic carbocycles. The van der Waals surface area contributed by atoms with E-state index >= 15 is 0 Å². The zero-order valence-corrected chi connectivity index (χ0v) is 10.7. The van der Waals surface area contributed by atoms with Gasteiger partial charge in [0.05, 0.1) is 25.9 Å². The lowest BCUT2D eigenvalue weighted by Crippen LogP contribution is -2.32. The molecule has 0 aromatic carbocycles. The molecule has 0 bridgehead atoms. The molecule has 0 aromatic rings. The molecule has 0 saturated heterocycles. The van der Waals surface area contributed by atoms with Crippen molar-refractivity contribution in [2.75, 3.05) is 60.8 Å². The van der Waals surface area contributed by atoms with Gasteiger partial charge in [-0.25, -0.2) is 0 Å². The standard InChI is InChI=1S/C11H25NO4/c1-13-7-8-16-6-4-5-12-9-11(15-3)10-14-2/h11-12H,4-10H2,1-3H3. The number of hydrogen-bond acceptors (Lipinski definition) is 5. The molecule has 0 radical (unpaired) electrons. The van der Waals surface area contributed by atoms with Crippen LogP contribution in [0.25, 0.3) is 0 Å². The maximum Gasteiger partial charge on any atom is 0.0928 e. The second-order valence-electron chi connectivity index (χ2n) is 3.48. The lowest BCUT2D eigenvalue weighted by molar-refractivity contribution is 0.0283. The van der Waals surface area contributed by atoms with Crippen LogP contribution in [0.3, 0.4) is 0 Å². The first kappa shape index (κ1) is 15.8. The highest BCUT2D eigenvalue weighted by Gasteiger charge is 2.04. The summed E-state index contributed by atoms with van der Waals surface area (Å²) in [6.07, 6.45) is 1.12. The third-order valence-corrected chi connectivity index (χ3v) is 2.13. The van der Waals surface area contributed by atoms with Crippen molar-refractivity contribution in [1.29, 1.82) is 0 Å². The fourth-order valence-corrected chi connectivity index (χ4v) is 1.20. The number of rotatable bonds is 12. The molecular weight excluding hydrogens is 210 g/mol. The van der Waals surface area contributed by atoms with Gasteiger partial charge in [-0.05, 0) is 13.0 Å². The van der Waals surface area contributed by atoms with E-state index in [1.54, 1.807) is 21.3 Å². The minimum atomic E-state index is 0.124. The van der Waals surface area contributed by atoms with Gasteiger partial charge >= 0.3 is 0 Å². The number of hydrogen-bond donors (Lipinski definition) is 1. The number of ether oxygens (including phenoxy) is 4. The Morgan fingerprint density at radius 2 is 1.81 bits per heavy atom. The van der Waals surface area contributed by atoms with E-state index in [1.165, 1.54) is 0 Å². The Balaban J connectivity index is 3.12. The van der Waals surface area contributed by atoms with Crippen molar-refractivity contribution < 1.29 is 18.9 Å². The van der Waals surface area contributed by atoms with E-state index in [0.29, 0.717) is 19.8 Å². The molecule has 0 saturated carbocycles. The predicted octanol–water partition coefficient (Wildman–Crippen LogP) is 0.291. The van der Waals surface area contributed by atoms with Gasteiger partial charge in [0.2, 0.25) is 0 Å². The maximum absolute atomic E-state index is 5.33. The molecule has 1 atom stereocenters. The van der Waals surface area contributed by atoms with Gasteiger partial charge in [-0.1, -0.05) is 0 Å². The van der Waals surface area contributed by atoms with Crippen LogP contribution in [0.5, 0.6) is 0 Å². The molecule has 0 heterocycles. The minimum Gasteiger partial charge on any atom is -0.382 e. The molecule has 16 heavy (non-hydrogen) atoms. The van der Waals surface area contributed by atoms with Gasteiger partial charge in [0, 0.05) is 34.5 Å². The van der Waals surface area contributed by atoms with E-state index in [0.717, 1.165) is 26.1 Å². The fraction of sp³-hybridized carbons (Fsp3) is 1.00. The van der Waals surface area contributed by atoms with Gasteiger partial charge in [0.15, 0.2) is 0 Å². The highest BCUT2D eigenvalue weighted by molar-refractivity contribution is 4.59. The first-order valence-electron chi connectivity index (χ1n) is 5.64. The molecule has 0 aliphatic rings. The third-order valence-electron chi connectivity index (χ3n) is 2.13. The Morgan fingerprint density at radius 3 is 2.44 bits per heavy atom. The normalized spacial score (nSPS) is 12.9. The topological polar surface area (TPSA) is 49.0 Å². The summed E-state index contributed by atoms with van der Waals surface area (Å²) in [4.78, 5) is 0. The molecule has 0 spiro atoms. The fourth-order valence-electron chi connectivity index (χ4n) is 1.20. The molecular formula is C11H25NO4. The molecule has 0 aliphatic heterocycles. The van der Waals surface area contributed by atoms with Crippen molar-refractivity contribution in [2.45, 2.75) is 12.5 Å². The zero-order valence-electron chi connectivity index (χ0n) is 10.7. The van der Waals surface area contributed by atoms with Crippen molar-refractivity contribution in [3.63, 3.8) is 0 Å². The van der Waals surface area contributed by atoms with Gasteiger partial charge in [-0.2, -0.15) is 0 Å². The summed E-state index contributed by atoms with van der Waals surface area (Å²) in [6.45, 7) is 4.44. The molecule has 5 heteroatoms. The highest BCUT2D eigenvalue weighted by Crippen LogP contribution is 1.89. The number of methoxy groups -OCH3 is 3. The van der Waals surface area contributed by atoms with Gasteiger partial charge in [-0.15, -0.1) is 0 Å². The maximum atomic E-state index is 5.33. The van der Waals surface area contributed by atoms with Crippen LogP contribution in [0.4, 0.5) is 0 Å². The SMILES string of the molecule is COCCOCCCNCC(COC)OC. The Morgan fingerprint density at radius 1 is 1.00 bits per heavy atom. The molecule has 1 unspecified atom stereocenters. The number of nitrogens with one attached hydrogen (secondary N) is 1. The Hall–Kier alpha value is -0.200. The molecule has 98 valence electrons. The van der Waals surface area contributed by atoms with Crippen molar-refractivity contribution in [2.24, 2.45) is 0 Å². The summed E-state index contributed by atoms with van der Waals surface area (Å²) in [7, 11) is 5.04. The summed E-state index contributed by atoms with van der Waals surface area (Å²) in [5.41, 5.74) is 0. The minimum absolute atomic E-state index is 0.124. The van der Waals surface area contributed by atoms with E-state index < -0.39 is 0 Å². The average molecular weight is 235 g/mol. The van der Waals surface area contributed by atoms with Gasteiger partial charge in [0.1, 0.15) is 0 Å². The summed E-state index contributed by atoms with van der Waals surface area (Å²) in [5, 5.41) is 3.30. The molecule has 0 amide bonds. The van der Waals surface area contributed by atoms with Crippen LogP contribution >= 0.6 is 0 Å². The monoisotopic (exact) mass is 235 g/mol. The largest absolute Gasteiger partial charge is 0.382 e. The van der Waals surface area contributed by atoms with Crippen LogP contribution < -0.4 is 5.32 Å². The van der Waals surface area contributed by atoms with E-state index in [4.69, 9.17) is 18.9 Å². The zero-order chi connectivity index (χ0) is 12.1. The van der Waals surface area contributed by atoms with Crippen molar-refractivity contribution >= 4 is 0 Å². The van der Waals surface area contributed by atoms with E-state index in [-0.39, 0.29) is 6.10 Å². The van der Waals surface area contributed by atoms with Gasteiger partial charge < -0.3 is 24.3 Å². The Kier molecular flexibility index (Phi) is 12.7. The smallest absolute Gasteiger partial charge is 0.0928 e. The van der Waals surface area contributed by atoms with E-state index in [1.807, 2.05) is 0 Å². The van der Waals surface area contributed by atoms with Crippen LogP contribution in [0.1, 0.15) is 6.42 Å². The van der Waals surface area contributed by atoms with Crippen LogP contribution in [0, 0.1) is 0 Å². The summed E-state index contributed by atoms with van der Waals surface area (Å²) in [5.74, 6) is 0. The average Bonchev–Trinajstić information content (AvgIpc) is 2.31. The van der Waals surface area contributed by atoms with Crippen molar-refractivity contribution in [3.8, 4) is 0 Å². The van der Waals surface area contributed by atoms with E-state index in [2.05, 4.69) is 5.32 Å². The van der Waals surface area contributed by atoms with Gasteiger partial charge in [0.25, 0.3) is 0 Å². The van der Waals surface area contributed by atoms with Crippen LogP contribution in [0.2, 0.25) is 0 Å². The van der Waals surface area contributed by atoms with Crippen LogP contribution in [-0.4, -0.2) is 67.0 Å². The lowest BCUT2D eigenvalue weighted by atomic mass is 10.3.